The Balaban J connectivity index is 2.80. The fourth-order valence-corrected chi connectivity index (χ4v) is 1.67. The summed E-state index contributed by atoms with van der Waals surface area (Å²) in [5.74, 6) is 1.69. The van der Waals surface area contributed by atoms with Gasteiger partial charge in [0.15, 0.2) is 0 Å². The lowest BCUT2D eigenvalue weighted by molar-refractivity contribution is -0.146. The maximum absolute atomic E-state index is 12.1. The Morgan fingerprint density at radius 3 is 2.35 bits per heavy atom. The molecule has 1 aromatic carbocycles. The van der Waals surface area contributed by atoms with Gasteiger partial charge >= 0.3 is 5.97 Å². The summed E-state index contributed by atoms with van der Waals surface area (Å²) in [5, 5.41) is 2.69. The zero-order valence-electron chi connectivity index (χ0n) is 12.0. The fraction of sp³-hybridized carbons (Fsp3) is 0.375. The fourth-order valence-electron chi connectivity index (χ4n) is 1.67. The van der Waals surface area contributed by atoms with Crippen molar-refractivity contribution >= 4 is 11.9 Å². The lowest BCUT2D eigenvalue weighted by atomic mass is 10.0. The van der Waals surface area contributed by atoms with Gasteiger partial charge in [-0.2, -0.15) is 0 Å². The van der Waals surface area contributed by atoms with E-state index in [0.29, 0.717) is 11.1 Å². The van der Waals surface area contributed by atoms with Gasteiger partial charge in [-0.1, -0.05) is 19.8 Å². The SMILES string of the molecule is C#Cc1ccc(C(=O)NC(C(=O)OCC)C(C)C)cc1. The first-order chi connectivity index (χ1) is 9.49. The molecule has 0 spiro atoms. The van der Waals surface area contributed by atoms with Crippen LogP contribution in [0.15, 0.2) is 24.3 Å². The lowest BCUT2D eigenvalue weighted by Crippen LogP contribution is -2.45. The minimum Gasteiger partial charge on any atom is -0.464 e. The molecular formula is C16H19NO3. The van der Waals surface area contributed by atoms with Crippen molar-refractivity contribution in [2.45, 2.75) is 26.8 Å². The molecule has 106 valence electrons. The van der Waals surface area contributed by atoms with Gasteiger partial charge in [0.2, 0.25) is 0 Å². The number of hydrogen-bond acceptors (Lipinski definition) is 3. The third-order valence-electron chi connectivity index (χ3n) is 2.81. The van der Waals surface area contributed by atoms with E-state index in [4.69, 9.17) is 11.2 Å². The largest absolute Gasteiger partial charge is 0.464 e. The highest BCUT2D eigenvalue weighted by Gasteiger charge is 2.25. The number of nitrogens with one attached hydrogen (secondary N) is 1. The maximum Gasteiger partial charge on any atom is 0.328 e. The normalized spacial score (nSPS) is 11.6. The Labute approximate surface area is 119 Å². The van der Waals surface area contributed by atoms with Crippen LogP contribution in [0.25, 0.3) is 0 Å². The number of benzene rings is 1. The summed E-state index contributed by atoms with van der Waals surface area (Å²) in [4.78, 5) is 23.9. The second-order valence-corrected chi connectivity index (χ2v) is 4.67. The van der Waals surface area contributed by atoms with E-state index in [2.05, 4.69) is 11.2 Å². The average Bonchev–Trinajstić information content (AvgIpc) is 2.44. The molecule has 4 nitrogen and oxygen atoms in total. The summed E-state index contributed by atoms with van der Waals surface area (Å²) in [6.07, 6.45) is 5.26. The van der Waals surface area contributed by atoms with Crippen molar-refractivity contribution < 1.29 is 14.3 Å². The van der Waals surface area contributed by atoms with Gasteiger partial charge in [0, 0.05) is 11.1 Å². The van der Waals surface area contributed by atoms with Crippen molar-refractivity contribution in [3.63, 3.8) is 0 Å². The number of amides is 1. The molecule has 0 saturated heterocycles. The highest BCUT2D eigenvalue weighted by molar-refractivity contribution is 5.96. The Morgan fingerprint density at radius 1 is 1.30 bits per heavy atom. The van der Waals surface area contributed by atoms with E-state index in [-0.39, 0.29) is 18.4 Å². The zero-order valence-corrected chi connectivity index (χ0v) is 12.0. The van der Waals surface area contributed by atoms with Gasteiger partial charge in [-0.15, -0.1) is 6.42 Å². The molecule has 0 fully saturated rings. The quantitative estimate of drug-likeness (QED) is 0.659. The van der Waals surface area contributed by atoms with E-state index >= 15 is 0 Å². The Bertz CT molecular complexity index is 512. The van der Waals surface area contributed by atoms with Gasteiger partial charge in [0.1, 0.15) is 6.04 Å². The topological polar surface area (TPSA) is 55.4 Å². The number of terminal acetylenes is 1. The number of ether oxygens (including phenoxy) is 1. The third-order valence-corrected chi connectivity index (χ3v) is 2.81. The second-order valence-electron chi connectivity index (χ2n) is 4.67. The molecule has 0 bridgehead atoms. The minimum atomic E-state index is -0.658. The molecule has 1 aromatic rings. The monoisotopic (exact) mass is 273 g/mol. The van der Waals surface area contributed by atoms with Crippen LogP contribution in [0, 0.1) is 18.3 Å². The number of hydrogen-bond donors (Lipinski definition) is 1. The summed E-state index contributed by atoms with van der Waals surface area (Å²) >= 11 is 0. The third kappa shape index (κ3) is 4.13. The Morgan fingerprint density at radius 2 is 1.90 bits per heavy atom. The molecule has 1 rings (SSSR count). The van der Waals surface area contributed by atoms with Crippen LogP contribution in [0.1, 0.15) is 36.7 Å². The van der Waals surface area contributed by atoms with Crippen molar-refractivity contribution in [3.05, 3.63) is 35.4 Å². The Hall–Kier alpha value is -2.28. The number of carbonyl (C=O) groups excluding carboxylic acids is 2. The van der Waals surface area contributed by atoms with Gasteiger partial charge in [-0.25, -0.2) is 4.79 Å². The van der Waals surface area contributed by atoms with Gasteiger partial charge in [0.05, 0.1) is 6.61 Å². The number of carbonyl (C=O) groups is 2. The van der Waals surface area contributed by atoms with Crippen LogP contribution in [0.2, 0.25) is 0 Å². The zero-order chi connectivity index (χ0) is 15.1. The summed E-state index contributed by atoms with van der Waals surface area (Å²) in [5.41, 5.74) is 1.16. The predicted molar refractivity (Wildman–Crippen MR) is 77.1 cm³/mol. The second kappa shape index (κ2) is 7.34. The summed E-state index contributed by atoms with van der Waals surface area (Å²) in [6, 6.07) is 5.97. The smallest absolute Gasteiger partial charge is 0.328 e. The van der Waals surface area contributed by atoms with Crippen LogP contribution < -0.4 is 5.32 Å². The van der Waals surface area contributed by atoms with Gasteiger partial charge in [-0.3, -0.25) is 4.79 Å². The molecule has 0 radical (unpaired) electrons. The van der Waals surface area contributed by atoms with Crippen LogP contribution in [-0.4, -0.2) is 24.5 Å². The van der Waals surface area contributed by atoms with Crippen molar-refractivity contribution in [2.24, 2.45) is 5.92 Å². The minimum absolute atomic E-state index is 0.0528. The van der Waals surface area contributed by atoms with E-state index in [9.17, 15) is 9.59 Å². The molecule has 0 aromatic heterocycles. The van der Waals surface area contributed by atoms with Crippen molar-refractivity contribution in [2.75, 3.05) is 6.61 Å². The summed E-state index contributed by atoms with van der Waals surface area (Å²) < 4.78 is 4.96. The van der Waals surface area contributed by atoms with E-state index in [1.165, 1.54) is 0 Å². The molecule has 1 amide bonds. The van der Waals surface area contributed by atoms with Crippen molar-refractivity contribution in [1.29, 1.82) is 0 Å². The standard InChI is InChI=1S/C16H19NO3/c1-5-12-7-9-13(10-8-12)15(18)17-14(11(3)4)16(19)20-6-2/h1,7-11,14H,6H2,2-4H3,(H,17,18). The first kappa shape index (κ1) is 15.8. The number of esters is 1. The van der Waals surface area contributed by atoms with Crippen LogP contribution in [0.3, 0.4) is 0 Å². The van der Waals surface area contributed by atoms with Crippen LogP contribution >= 0.6 is 0 Å². The highest BCUT2D eigenvalue weighted by Crippen LogP contribution is 2.08. The summed E-state index contributed by atoms with van der Waals surface area (Å²) in [7, 11) is 0. The molecule has 0 saturated carbocycles. The lowest BCUT2D eigenvalue weighted by Gasteiger charge is -2.20. The van der Waals surface area contributed by atoms with Crippen molar-refractivity contribution in [1.82, 2.24) is 5.32 Å². The van der Waals surface area contributed by atoms with Crippen molar-refractivity contribution in [3.8, 4) is 12.3 Å². The molecular weight excluding hydrogens is 254 g/mol. The van der Waals surface area contributed by atoms with Crippen LogP contribution in [-0.2, 0) is 9.53 Å². The van der Waals surface area contributed by atoms with Gasteiger partial charge in [0.25, 0.3) is 5.91 Å². The highest BCUT2D eigenvalue weighted by atomic mass is 16.5. The molecule has 0 aliphatic rings. The molecule has 0 aliphatic carbocycles. The van der Waals surface area contributed by atoms with Crippen LogP contribution in [0.4, 0.5) is 0 Å². The molecule has 1 atom stereocenters. The molecule has 1 N–H and O–H groups in total. The molecule has 4 heteroatoms. The van der Waals surface area contributed by atoms with E-state index in [1.807, 2.05) is 13.8 Å². The molecule has 1 unspecified atom stereocenters. The predicted octanol–water partition coefficient (Wildman–Crippen LogP) is 1.99. The average molecular weight is 273 g/mol. The van der Waals surface area contributed by atoms with E-state index in [0.717, 1.165) is 0 Å². The van der Waals surface area contributed by atoms with Gasteiger partial charge in [-0.05, 0) is 37.1 Å². The van der Waals surface area contributed by atoms with Crippen LogP contribution in [0.5, 0.6) is 0 Å². The molecule has 0 aliphatic heterocycles. The molecule has 0 heterocycles. The maximum atomic E-state index is 12.1. The Kier molecular flexibility index (Phi) is 5.79. The van der Waals surface area contributed by atoms with Gasteiger partial charge < -0.3 is 10.1 Å². The number of rotatable bonds is 5. The first-order valence-electron chi connectivity index (χ1n) is 6.53. The van der Waals surface area contributed by atoms with E-state index < -0.39 is 12.0 Å². The summed E-state index contributed by atoms with van der Waals surface area (Å²) in [6.45, 7) is 5.72. The van der Waals surface area contributed by atoms with E-state index in [1.54, 1.807) is 31.2 Å². The first-order valence-corrected chi connectivity index (χ1v) is 6.53. The molecule has 20 heavy (non-hydrogen) atoms.